The Kier molecular flexibility index (Phi) is 4.33. The van der Waals surface area contributed by atoms with E-state index in [1.165, 1.54) is 12.1 Å². The molecule has 0 radical (unpaired) electrons. The third-order valence-electron chi connectivity index (χ3n) is 3.28. The van der Waals surface area contributed by atoms with Crippen LogP contribution in [-0.4, -0.2) is 38.2 Å². The molecule has 1 aromatic rings. The standard InChI is InChI=1S/C14H19FN2O/c1-3-13(17-8-6-16-7-9-17)12-10-11(15)4-5-14(12)18-2/h3-5,10,13,16H,1,6-9H2,2H3/t13-/m0/s1. The molecule has 1 atom stereocenters. The molecule has 0 spiro atoms. The first-order valence-electron chi connectivity index (χ1n) is 6.17. The van der Waals surface area contributed by atoms with E-state index in [2.05, 4.69) is 16.8 Å². The first-order valence-corrected chi connectivity index (χ1v) is 6.17. The van der Waals surface area contributed by atoms with Crippen LogP contribution in [0.15, 0.2) is 30.9 Å². The van der Waals surface area contributed by atoms with Crippen molar-refractivity contribution in [1.29, 1.82) is 0 Å². The zero-order valence-corrected chi connectivity index (χ0v) is 10.7. The number of ether oxygens (including phenoxy) is 1. The third kappa shape index (κ3) is 2.71. The first kappa shape index (κ1) is 13.1. The van der Waals surface area contributed by atoms with Gasteiger partial charge >= 0.3 is 0 Å². The maximum atomic E-state index is 13.4. The number of halogens is 1. The summed E-state index contributed by atoms with van der Waals surface area (Å²) < 4.78 is 18.7. The van der Waals surface area contributed by atoms with Gasteiger partial charge in [-0.15, -0.1) is 6.58 Å². The number of methoxy groups -OCH3 is 1. The maximum Gasteiger partial charge on any atom is 0.124 e. The summed E-state index contributed by atoms with van der Waals surface area (Å²) in [5.41, 5.74) is 0.842. The fourth-order valence-electron chi connectivity index (χ4n) is 2.37. The van der Waals surface area contributed by atoms with E-state index >= 15 is 0 Å². The second-order valence-corrected chi connectivity index (χ2v) is 4.35. The molecule has 98 valence electrons. The zero-order chi connectivity index (χ0) is 13.0. The lowest BCUT2D eigenvalue weighted by Crippen LogP contribution is -2.44. The Morgan fingerprint density at radius 3 is 2.78 bits per heavy atom. The summed E-state index contributed by atoms with van der Waals surface area (Å²) in [6.07, 6.45) is 1.85. The Morgan fingerprint density at radius 1 is 1.44 bits per heavy atom. The minimum absolute atomic E-state index is 0.00208. The summed E-state index contributed by atoms with van der Waals surface area (Å²) in [4.78, 5) is 2.28. The molecule has 3 nitrogen and oxygen atoms in total. The molecule has 1 saturated heterocycles. The number of hydrogen-bond donors (Lipinski definition) is 1. The highest BCUT2D eigenvalue weighted by atomic mass is 19.1. The second kappa shape index (κ2) is 5.98. The number of piperazine rings is 1. The molecule has 0 saturated carbocycles. The van der Waals surface area contributed by atoms with Crippen molar-refractivity contribution in [2.45, 2.75) is 6.04 Å². The van der Waals surface area contributed by atoms with Crippen LogP contribution in [0.1, 0.15) is 11.6 Å². The predicted molar refractivity (Wildman–Crippen MR) is 70.3 cm³/mol. The Labute approximate surface area is 107 Å². The lowest BCUT2D eigenvalue weighted by Gasteiger charge is -2.34. The third-order valence-corrected chi connectivity index (χ3v) is 3.28. The molecule has 1 aromatic carbocycles. The monoisotopic (exact) mass is 250 g/mol. The van der Waals surface area contributed by atoms with E-state index in [0.29, 0.717) is 5.75 Å². The van der Waals surface area contributed by atoms with Crippen LogP contribution >= 0.6 is 0 Å². The zero-order valence-electron chi connectivity index (χ0n) is 10.7. The molecule has 2 rings (SSSR count). The molecular weight excluding hydrogens is 231 g/mol. The van der Waals surface area contributed by atoms with Crippen LogP contribution in [0.4, 0.5) is 4.39 Å². The number of nitrogens with one attached hydrogen (secondary N) is 1. The summed E-state index contributed by atoms with van der Waals surface area (Å²) in [5, 5.41) is 3.30. The van der Waals surface area contributed by atoms with E-state index < -0.39 is 0 Å². The fraction of sp³-hybridized carbons (Fsp3) is 0.429. The molecule has 0 aromatic heterocycles. The molecule has 1 fully saturated rings. The van der Waals surface area contributed by atoms with Gasteiger partial charge in [0.25, 0.3) is 0 Å². The van der Waals surface area contributed by atoms with E-state index in [0.717, 1.165) is 31.7 Å². The van der Waals surface area contributed by atoms with Crippen molar-refractivity contribution in [1.82, 2.24) is 10.2 Å². The van der Waals surface area contributed by atoms with E-state index in [1.807, 2.05) is 6.08 Å². The molecule has 0 amide bonds. The van der Waals surface area contributed by atoms with Gasteiger partial charge in [-0.1, -0.05) is 6.08 Å². The predicted octanol–water partition coefficient (Wildman–Crippen LogP) is 1.97. The summed E-state index contributed by atoms with van der Waals surface area (Å²) in [7, 11) is 1.61. The molecule has 1 aliphatic heterocycles. The first-order chi connectivity index (χ1) is 8.76. The largest absolute Gasteiger partial charge is 0.496 e. The highest BCUT2D eigenvalue weighted by Crippen LogP contribution is 2.31. The van der Waals surface area contributed by atoms with Crippen molar-refractivity contribution in [3.63, 3.8) is 0 Å². The molecular formula is C14H19FN2O. The van der Waals surface area contributed by atoms with Crippen LogP contribution in [0.25, 0.3) is 0 Å². The van der Waals surface area contributed by atoms with Gasteiger partial charge in [0.05, 0.1) is 13.2 Å². The quantitative estimate of drug-likeness (QED) is 0.827. The topological polar surface area (TPSA) is 24.5 Å². The van der Waals surface area contributed by atoms with Crippen LogP contribution in [0, 0.1) is 5.82 Å². The molecule has 1 N–H and O–H groups in total. The van der Waals surface area contributed by atoms with Gasteiger partial charge in [-0.2, -0.15) is 0 Å². The van der Waals surface area contributed by atoms with Crippen LogP contribution < -0.4 is 10.1 Å². The highest BCUT2D eigenvalue weighted by Gasteiger charge is 2.22. The van der Waals surface area contributed by atoms with Gasteiger partial charge in [-0.05, 0) is 18.2 Å². The van der Waals surface area contributed by atoms with Crippen molar-refractivity contribution in [2.24, 2.45) is 0 Å². The molecule has 0 bridgehead atoms. The maximum absolute atomic E-state index is 13.4. The smallest absolute Gasteiger partial charge is 0.124 e. The highest BCUT2D eigenvalue weighted by molar-refractivity contribution is 5.38. The van der Waals surface area contributed by atoms with Crippen LogP contribution in [0.2, 0.25) is 0 Å². The summed E-state index contributed by atoms with van der Waals surface area (Å²) in [5.74, 6) is 0.465. The Hall–Kier alpha value is -1.39. The van der Waals surface area contributed by atoms with Crippen LogP contribution in [0.5, 0.6) is 5.75 Å². The average Bonchev–Trinajstić information content (AvgIpc) is 2.41. The lowest BCUT2D eigenvalue weighted by atomic mass is 10.0. The molecule has 1 aliphatic rings. The number of rotatable bonds is 4. The van der Waals surface area contributed by atoms with Crippen molar-refractivity contribution < 1.29 is 9.13 Å². The van der Waals surface area contributed by atoms with Gasteiger partial charge in [0.15, 0.2) is 0 Å². The van der Waals surface area contributed by atoms with E-state index in [1.54, 1.807) is 13.2 Å². The van der Waals surface area contributed by atoms with E-state index in [4.69, 9.17) is 4.74 Å². The van der Waals surface area contributed by atoms with Gasteiger partial charge in [0.2, 0.25) is 0 Å². The SMILES string of the molecule is C=C[C@@H](c1cc(F)ccc1OC)N1CCNCC1. The number of benzene rings is 1. The molecule has 18 heavy (non-hydrogen) atoms. The second-order valence-electron chi connectivity index (χ2n) is 4.35. The average molecular weight is 250 g/mol. The molecule has 0 aliphatic carbocycles. The van der Waals surface area contributed by atoms with Gasteiger partial charge < -0.3 is 10.1 Å². The van der Waals surface area contributed by atoms with Crippen molar-refractivity contribution >= 4 is 0 Å². The van der Waals surface area contributed by atoms with Crippen LogP contribution in [-0.2, 0) is 0 Å². The lowest BCUT2D eigenvalue weighted by molar-refractivity contribution is 0.200. The Balaban J connectivity index is 2.30. The number of nitrogens with zero attached hydrogens (tertiary/aromatic N) is 1. The molecule has 4 heteroatoms. The van der Waals surface area contributed by atoms with Crippen molar-refractivity contribution in [2.75, 3.05) is 33.3 Å². The number of hydrogen-bond acceptors (Lipinski definition) is 3. The Morgan fingerprint density at radius 2 is 2.17 bits per heavy atom. The summed E-state index contributed by atoms with van der Waals surface area (Å²) >= 11 is 0. The van der Waals surface area contributed by atoms with Gasteiger partial charge in [-0.25, -0.2) is 4.39 Å². The Bertz CT molecular complexity index is 416. The van der Waals surface area contributed by atoms with Crippen molar-refractivity contribution in [3.8, 4) is 5.75 Å². The van der Waals surface area contributed by atoms with Gasteiger partial charge in [-0.3, -0.25) is 4.90 Å². The van der Waals surface area contributed by atoms with Gasteiger partial charge in [0, 0.05) is 31.7 Å². The van der Waals surface area contributed by atoms with Gasteiger partial charge in [0.1, 0.15) is 11.6 Å². The fourth-order valence-corrected chi connectivity index (χ4v) is 2.37. The minimum atomic E-state index is -0.243. The molecule has 0 unspecified atom stereocenters. The minimum Gasteiger partial charge on any atom is -0.496 e. The van der Waals surface area contributed by atoms with Crippen molar-refractivity contribution in [3.05, 3.63) is 42.2 Å². The molecule has 1 heterocycles. The summed E-state index contributed by atoms with van der Waals surface area (Å²) in [6, 6.07) is 4.62. The normalized spacial score (nSPS) is 18.3. The van der Waals surface area contributed by atoms with Crippen LogP contribution in [0.3, 0.4) is 0 Å². The summed E-state index contributed by atoms with van der Waals surface area (Å²) in [6.45, 7) is 7.62. The van der Waals surface area contributed by atoms with E-state index in [-0.39, 0.29) is 11.9 Å². The van der Waals surface area contributed by atoms with E-state index in [9.17, 15) is 4.39 Å².